The van der Waals surface area contributed by atoms with E-state index < -0.39 is 23.7 Å². The highest BCUT2D eigenvalue weighted by molar-refractivity contribution is 6.02. The Bertz CT molecular complexity index is 805. The van der Waals surface area contributed by atoms with Gasteiger partial charge in [-0.1, -0.05) is 32.0 Å². The Balaban J connectivity index is 2.19. The van der Waals surface area contributed by atoms with Crippen LogP contribution in [0, 0.1) is 18.7 Å². The summed E-state index contributed by atoms with van der Waals surface area (Å²) in [6.45, 7) is 5.51. The van der Waals surface area contributed by atoms with Crippen LogP contribution in [-0.2, 0) is 4.79 Å². The molecule has 0 unspecified atom stereocenters. The lowest BCUT2D eigenvalue weighted by Gasteiger charge is -2.22. The van der Waals surface area contributed by atoms with Crippen LogP contribution in [0.2, 0.25) is 0 Å². The average molecular weight is 358 g/mol. The van der Waals surface area contributed by atoms with E-state index in [4.69, 9.17) is 4.74 Å². The Morgan fingerprint density at radius 2 is 1.81 bits per heavy atom. The SMILES string of the molecule is COc1ccc(C)cc1NC(=O)[C@H](NC(=O)c1ccccc1F)C(C)C. The van der Waals surface area contributed by atoms with Crippen molar-refractivity contribution in [3.8, 4) is 5.75 Å². The standard InChI is InChI=1S/C20H23FN2O3/c1-12(2)18(23-19(24)14-7-5-6-8-15(14)21)20(25)22-16-11-13(3)9-10-17(16)26-4/h5-12,18H,1-4H3,(H,22,25)(H,23,24)/t18-/m1/s1. The third-order valence-corrected chi connectivity index (χ3v) is 3.97. The Hall–Kier alpha value is -2.89. The monoisotopic (exact) mass is 358 g/mol. The molecule has 5 nitrogen and oxygen atoms in total. The number of anilines is 1. The second-order valence-corrected chi connectivity index (χ2v) is 6.37. The quantitative estimate of drug-likeness (QED) is 0.830. The Labute approximate surface area is 152 Å². The van der Waals surface area contributed by atoms with E-state index in [1.54, 1.807) is 32.0 Å². The second-order valence-electron chi connectivity index (χ2n) is 6.37. The summed E-state index contributed by atoms with van der Waals surface area (Å²) in [5.41, 5.74) is 1.37. The zero-order valence-corrected chi connectivity index (χ0v) is 15.3. The lowest BCUT2D eigenvalue weighted by Crippen LogP contribution is -2.47. The van der Waals surface area contributed by atoms with Crippen LogP contribution in [0.25, 0.3) is 0 Å². The van der Waals surface area contributed by atoms with E-state index in [1.807, 2.05) is 13.0 Å². The maximum atomic E-state index is 13.8. The number of benzene rings is 2. The van der Waals surface area contributed by atoms with Crippen molar-refractivity contribution in [1.82, 2.24) is 5.32 Å². The average Bonchev–Trinajstić information content (AvgIpc) is 2.59. The fraction of sp³-hybridized carbons (Fsp3) is 0.300. The summed E-state index contributed by atoms with van der Waals surface area (Å²) >= 11 is 0. The number of aryl methyl sites for hydroxylation is 1. The van der Waals surface area contributed by atoms with Crippen LogP contribution in [-0.4, -0.2) is 25.0 Å². The lowest BCUT2D eigenvalue weighted by atomic mass is 10.0. The summed E-state index contributed by atoms with van der Waals surface area (Å²) < 4.78 is 19.1. The van der Waals surface area contributed by atoms with Gasteiger partial charge in [-0.25, -0.2) is 4.39 Å². The number of methoxy groups -OCH3 is 1. The highest BCUT2D eigenvalue weighted by Gasteiger charge is 2.26. The van der Waals surface area contributed by atoms with Crippen molar-refractivity contribution in [1.29, 1.82) is 0 Å². The van der Waals surface area contributed by atoms with Crippen molar-refractivity contribution in [2.24, 2.45) is 5.92 Å². The molecule has 2 aromatic carbocycles. The third-order valence-electron chi connectivity index (χ3n) is 3.97. The fourth-order valence-corrected chi connectivity index (χ4v) is 2.53. The smallest absolute Gasteiger partial charge is 0.254 e. The Morgan fingerprint density at radius 1 is 1.12 bits per heavy atom. The number of halogens is 1. The van der Waals surface area contributed by atoms with Gasteiger partial charge in [0, 0.05) is 0 Å². The molecule has 0 saturated carbocycles. The molecule has 0 saturated heterocycles. The topological polar surface area (TPSA) is 67.4 Å². The number of amides is 2. The Morgan fingerprint density at radius 3 is 2.42 bits per heavy atom. The van der Waals surface area contributed by atoms with Crippen molar-refractivity contribution in [2.75, 3.05) is 12.4 Å². The molecule has 0 aliphatic heterocycles. The molecule has 2 amide bonds. The van der Waals surface area contributed by atoms with Crippen LogP contribution in [0.15, 0.2) is 42.5 Å². The van der Waals surface area contributed by atoms with Gasteiger partial charge in [-0.2, -0.15) is 0 Å². The molecule has 2 aromatic rings. The molecule has 0 bridgehead atoms. The van der Waals surface area contributed by atoms with E-state index in [0.29, 0.717) is 11.4 Å². The zero-order valence-electron chi connectivity index (χ0n) is 15.3. The minimum atomic E-state index is -0.827. The predicted octanol–water partition coefficient (Wildman–Crippen LogP) is 3.54. The van der Waals surface area contributed by atoms with Gasteiger partial charge in [0.2, 0.25) is 5.91 Å². The van der Waals surface area contributed by atoms with Crippen LogP contribution in [0.3, 0.4) is 0 Å². The normalized spacial score (nSPS) is 11.8. The second kappa shape index (κ2) is 8.47. The summed E-state index contributed by atoms with van der Waals surface area (Å²) in [6, 6.07) is 10.2. The van der Waals surface area contributed by atoms with Gasteiger partial charge in [0.15, 0.2) is 0 Å². The Kier molecular flexibility index (Phi) is 6.33. The molecule has 0 aromatic heterocycles. The van der Waals surface area contributed by atoms with Gasteiger partial charge in [0.25, 0.3) is 5.91 Å². The third kappa shape index (κ3) is 4.59. The maximum absolute atomic E-state index is 13.8. The van der Waals surface area contributed by atoms with Gasteiger partial charge in [-0.05, 0) is 42.7 Å². The minimum absolute atomic E-state index is 0.0981. The zero-order chi connectivity index (χ0) is 19.3. The first-order valence-electron chi connectivity index (χ1n) is 8.34. The van der Waals surface area contributed by atoms with E-state index in [9.17, 15) is 14.0 Å². The molecule has 0 aliphatic rings. The summed E-state index contributed by atoms with van der Waals surface area (Å²) in [4.78, 5) is 25.1. The predicted molar refractivity (Wildman–Crippen MR) is 98.9 cm³/mol. The summed E-state index contributed by atoms with van der Waals surface area (Å²) in [7, 11) is 1.51. The highest BCUT2D eigenvalue weighted by Crippen LogP contribution is 2.25. The molecule has 0 fully saturated rings. The van der Waals surface area contributed by atoms with Crippen molar-refractivity contribution in [3.05, 3.63) is 59.4 Å². The van der Waals surface area contributed by atoms with Gasteiger partial charge in [-0.15, -0.1) is 0 Å². The summed E-state index contributed by atoms with van der Waals surface area (Å²) in [5, 5.41) is 5.40. The van der Waals surface area contributed by atoms with Crippen LogP contribution >= 0.6 is 0 Å². The molecule has 138 valence electrons. The lowest BCUT2D eigenvalue weighted by molar-refractivity contribution is -0.118. The van der Waals surface area contributed by atoms with Crippen LogP contribution in [0.5, 0.6) is 5.75 Å². The van der Waals surface area contributed by atoms with Crippen LogP contribution in [0.1, 0.15) is 29.8 Å². The van der Waals surface area contributed by atoms with Crippen LogP contribution in [0.4, 0.5) is 10.1 Å². The van der Waals surface area contributed by atoms with E-state index in [-0.39, 0.29) is 11.5 Å². The van der Waals surface area contributed by atoms with E-state index in [0.717, 1.165) is 5.56 Å². The number of ether oxygens (including phenoxy) is 1. The van der Waals surface area contributed by atoms with E-state index >= 15 is 0 Å². The van der Waals surface area contributed by atoms with Crippen LogP contribution < -0.4 is 15.4 Å². The maximum Gasteiger partial charge on any atom is 0.254 e. The molecule has 26 heavy (non-hydrogen) atoms. The van der Waals surface area contributed by atoms with Gasteiger partial charge in [0.05, 0.1) is 18.4 Å². The van der Waals surface area contributed by atoms with Gasteiger partial charge >= 0.3 is 0 Å². The van der Waals surface area contributed by atoms with E-state index in [2.05, 4.69) is 10.6 Å². The molecule has 0 radical (unpaired) electrons. The van der Waals surface area contributed by atoms with Crippen molar-refractivity contribution >= 4 is 17.5 Å². The number of nitrogens with one attached hydrogen (secondary N) is 2. The van der Waals surface area contributed by atoms with Crippen molar-refractivity contribution < 1.29 is 18.7 Å². The molecule has 0 aliphatic carbocycles. The molecular weight excluding hydrogens is 335 g/mol. The first-order chi connectivity index (χ1) is 12.3. The molecular formula is C20H23FN2O3. The molecule has 0 heterocycles. The van der Waals surface area contributed by atoms with E-state index in [1.165, 1.54) is 25.3 Å². The number of carbonyl (C=O) groups excluding carboxylic acids is 2. The molecule has 0 spiro atoms. The highest BCUT2D eigenvalue weighted by atomic mass is 19.1. The number of rotatable bonds is 6. The molecule has 2 N–H and O–H groups in total. The molecule has 6 heteroatoms. The number of hydrogen-bond donors (Lipinski definition) is 2. The first kappa shape index (κ1) is 19.4. The largest absolute Gasteiger partial charge is 0.495 e. The number of hydrogen-bond acceptors (Lipinski definition) is 3. The van der Waals surface area contributed by atoms with Gasteiger partial charge in [0.1, 0.15) is 17.6 Å². The van der Waals surface area contributed by atoms with Crippen molar-refractivity contribution in [3.63, 3.8) is 0 Å². The number of carbonyl (C=O) groups is 2. The summed E-state index contributed by atoms with van der Waals surface area (Å²) in [5.74, 6) is -1.33. The first-order valence-corrected chi connectivity index (χ1v) is 8.34. The van der Waals surface area contributed by atoms with Crippen molar-refractivity contribution in [2.45, 2.75) is 26.8 Å². The minimum Gasteiger partial charge on any atom is -0.495 e. The van der Waals surface area contributed by atoms with Gasteiger partial charge < -0.3 is 15.4 Å². The molecule has 1 atom stereocenters. The summed E-state index contributed by atoms with van der Waals surface area (Å²) in [6.07, 6.45) is 0. The fourth-order valence-electron chi connectivity index (χ4n) is 2.53. The molecule has 2 rings (SSSR count). The van der Waals surface area contributed by atoms with Gasteiger partial charge in [-0.3, -0.25) is 9.59 Å².